The van der Waals surface area contributed by atoms with Crippen molar-refractivity contribution in [3.05, 3.63) is 35.6 Å². The van der Waals surface area contributed by atoms with E-state index in [1.807, 2.05) is 17.0 Å². The predicted octanol–water partition coefficient (Wildman–Crippen LogP) is 2.86. The van der Waals surface area contributed by atoms with Crippen molar-refractivity contribution >= 4 is 5.91 Å². The number of benzene rings is 1. The average molecular weight is 348 g/mol. The lowest BCUT2D eigenvalue weighted by molar-refractivity contribution is -0.136. The molecule has 1 aromatic carbocycles. The third-order valence-electron chi connectivity index (χ3n) is 5.25. The number of carbonyl (C=O) groups is 1. The Hall–Kier alpha value is -1.46. The van der Waals surface area contributed by atoms with Gasteiger partial charge in [0, 0.05) is 32.8 Å². The molecule has 0 N–H and O–H groups in total. The number of ether oxygens (including phenoxy) is 1. The van der Waals surface area contributed by atoms with E-state index in [-0.39, 0.29) is 17.8 Å². The number of aryl methyl sites for hydroxylation is 1. The van der Waals surface area contributed by atoms with Gasteiger partial charge in [-0.05, 0) is 56.3 Å². The van der Waals surface area contributed by atoms with Crippen molar-refractivity contribution in [3.63, 3.8) is 0 Å². The summed E-state index contributed by atoms with van der Waals surface area (Å²) in [5.74, 6) is 0.0704. The van der Waals surface area contributed by atoms with Gasteiger partial charge in [-0.3, -0.25) is 9.69 Å². The molecule has 1 atom stereocenters. The molecule has 0 aliphatic carbocycles. The van der Waals surface area contributed by atoms with Gasteiger partial charge in [0.05, 0.1) is 12.5 Å². The van der Waals surface area contributed by atoms with Gasteiger partial charge < -0.3 is 9.64 Å². The lowest BCUT2D eigenvalue weighted by atomic mass is 10.1. The zero-order valence-corrected chi connectivity index (χ0v) is 15.0. The quantitative estimate of drug-likeness (QED) is 0.792. The first kappa shape index (κ1) is 18.3. The van der Waals surface area contributed by atoms with Gasteiger partial charge in [0.2, 0.25) is 5.91 Å². The summed E-state index contributed by atoms with van der Waals surface area (Å²) in [6.07, 6.45) is 6.05. The predicted molar refractivity (Wildman–Crippen MR) is 95.9 cm³/mol. The summed E-state index contributed by atoms with van der Waals surface area (Å²) in [4.78, 5) is 16.8. The van der Waals surface area contributed by atoms with Crippen molar-refractivity contribution in [2.75, 3.05) is 39.3 Å². The third kappa shape index (κ3) is 5.79. The van der Waals surface area contributed by atoms with E-state index in [1.54, 1.807) is 0 Å². The minimum atomic E-state index is -0.178. The van der Waals surface area contributed by atoms with Crippen LogP contribution in [0.4, 0.5) is 4.39 Å². The molecule has 2 aliphatic heterocycles. The summed E-state index contributed by atoms with van der Waals surface area (Å²) in [5, 5.41) is 0. The van der Waals surface area contributed by atoms with Crippen LogP contribution < -0.4 is 0 Å². The smallest absolute Gasteiger partial charge is 0.225 e. The van der Waals surface area contributed by atoms with Gasteiger partial charge in [-0.25, -0.2) is 4.39 Å². The number of rotatable bonds is 6. The van der Waals surface area contributed by atoms with Gasteiger partial charge in [0.15, 0.2) is 0 Å². The van der Waals surface area contributed by atoms with Gasteiger partial charge in [-0.1, -0.05) is 12.1 Å². The molecule has 0 radical (unpaired) electrons. The average Bonchev–Trinajstić information content (AvgIpc) is 2.65. The van der Waals surface area contributed by atoms with Crippen LogP contribution in [0.15, 0.2) is 24.3 Å². The molecule has 2 aliphatic rings. The van der Waals surface area contributed by atoms with Gasteiger partial charge in [0.1, 0.15) is 5.82 Å². The fraction of sp³-hybridized carbons (Fsp3) is 0.650. The van der Waals surface area contributed by atoms with Crippen molar-refractivity contribution < 1.29 is 13.9 Å². The molecule has 0 saturated carbocycles. The molecule has 0 bridgehead atoms. The van der Waals surface area contributed by atoms with E-state index in [0.29, 0.717) is 6.42 Å². The van der Waals surface area contributed by atoms with Gasteiger partial charge in [-0.2, -0.15) is 0 Å². The van der Waals surface area contributed by atoms with E-state index < -0.39 is 0 Å². The molecule has 25 heavy (non-hydrogen) atoms. The highest BCUT2D eigenvalue weighted by Crippen LogP contribution is 2.17. The topological polar surface area (TPSA) is 32.8 Å². The first-order chi connectivity index (χ1) is 12.2. The highest BCUT2D eigenvalue weighted by atomic mass is 19.1. The van der Waals surface area contributed by atoms with E-state index in [4.69, 9.17) is 4.74 Å². The van der Waals surface area contributed by atoms with E-state index in [0.717, 1.165) is 65.0 Å². The van der Waals surface area contributed by atoms with Crippen LogP contribution in [0, 0.1) is 5.82 Å². The monoisotopic (exact) mass is 348 g/mol. The molecule has 138 valence electrons. The summed E-state index contributed by atoms with van der Waals surface area (Å²) < 4.78 is 18.6. The molecule has 1 aromatic rings. The lowest BCUT2D eigenvalue weighted by Gasteiger charge is -2.35. The fourth-order valence-electron chi connectivity index (χ4n) is 3.67. The number of amides is 1. The molecular weight excluding hydrogens is 319 g/mol. The fourth-order valence-corrected chi connectivity index (χ4v) is 3.67. The summed E-state index contributed by atoms with van der Waals surface area (Å²) in [7, 11) is 0. The van der Waals surface area contributed by atoms with Crippen LogP contribution in [0.1, 0.15) is 37.7 Å². The Morgan fingerprint density at radius 1 is 1.12 bits per heavy atom. The molecule has 1 unspecified atom stereocenters. The molecular formula is C20H29FN2O2. The third-order valence-corrected chi connectivity index (χ3v) is 5.25. The molecule has 5 heteroatoms. The Balaban J connectivity index is 1.32. The molecule has 2 heterocycles. The van der Waals surface area contributed by atoms with E-state index in [1.165, 1.54) is 24.1 Å². The van der Waals surface area contributed by atoms with E-state index >= 15 is 0 Å². The number of carbonyl (C=O) groups excluding carboxylic acids is 1. The van der Waals surface area contributed by atoms with Crippen LogP contribution >= 0.6 is 0 Å². The molecule has 0 aromatic heterocycles. The SMILES string of the molecule is O=C(CC1CCCCO1)N1CCN(CCCc2ccc(F)cc2)CC1. The molecule has 2 fully saturated rings. The lowest BCUT2D eigenvalue weighted by Crippen LogP contribution is -2.49. The summed E-state index contributed by atoms with van der Waals surface area (Å²) >= 11 is 0. The second-order valence-corrected chi connectivity index (χ2v) is 7.15. The van der Waals surface area contributed by atoms with Crippen LogP contribution in [0.5, 0.6) is 0 Å². The normalized spacial score (nSPS) is 22.1. The highest BCUT2D eigenvalue weighted by Gasteiger charge is 2.24. The number of hydrogen-bond acceptors (Lipinski definition) is 3. The van der Waals surface area contributed by atoms with E-state index in [9.17, 15) is 9.18 Å². The number of nitrogens with zero attached hydrogens (tertiary/aromatic N) is 2. The molecule has 1 amide bonds. The van der Waals surface area contributed by atoms with Crippen LogP contribution in [0.25, 0.3) is 0 Å². The van der Waals surface area contributed by atoms with Gasteiger partial charge in [-0.15, -0.1) is 0 Å². The maximum absolute atomic E-state index is 12.9. The van der Waals surface area contributed by atoms with Gasteiger partial charge in [0.25, 0.3) is 0 Å². The Morgan fingerprint density at radius 2 is 1.88 bits per heavy atom. The van der Waals surface area contributed by atoms with Crippen molar-refractivity contribution in [1.29, 1.82) is 0 Å². The van der Waals surface area contributed by atoms with Crippen LogP contribution in [-0.2, 0) is 16.0 Å². The number of piperazine rings is 1. The highest BCUT2D eigenvalue weighted by molar-refractivity contribution is 5.76. The van der Waals surface area contributed by atoms with E-state index in [2.05, 4.69) is 4.90 Å². The number of hydrogen-bond donors (Lipinski definition) is 0. The zero-order chi connectivity index (χ0) is 17.5. The molecule has 2 saturated heterocycles. The Labute approximate surface area is 149 Å². The van der Waals surface area contributed by atoms with Crippen molar-refractivity contribution in [1.82, 2.24) is 9.80 Å². The maximum atomic E-state index is 12.9. The van der Waals surface area contributed by atoms with Crippen molar-refractivity contribution in [2.45, 2.75) is 44.6 Å². The van der Waals surface area contributed by atoms with Crippen molar-refractivity contribution in [2.24, 2.45) is 0 Å². The molecule has 3 rings (SSSR count). The van der Waals surface area contributed by atoms with Crippen LogP contribution in [0.3, 0.4) is 0 Å². The minimum Gasteiger partial charge on any atom is -0.378 e. The largest absolute Gasteiger partial charge is 0.378 e. The first-order valence-electron chi connectivity index (χ1n) is 9.57. The first-order valence-corrected chi connectivity index (χ1v) is 9.57. The second kappa shape index (κ2) is 9.30. The van der Waals surface area contributed by atoms with Crippen molar-refractivity contribution in [3.8, 4) is 0 Å². The van der Waals surface area contributed by atoms with Crippen LogP contribution in [-0.4, -0.2) is 61.1 Å². The summed E-state index contributed by atoms with van der Waals surface area (Å²) in [5.41, 5.74) is 1.18. The molecule has 4 nitrogen and oxygen atoms in total. The van der Waals surface area contributed by atoms with Gasteiger partial charge >= 0.3 is 0 Å². The Kier molecular flexibility index (Phi) is 6.82. The maximum Gasteiger partial charge on any atom is 0.225 e. The Bertz CT molecular complexity index is 535. The van der Waals surface area contributed by atoms with Crippen LogP contribution in [0.2, 0.25) is 0 Å². The summed E-state index contributed by atoms with van der Waals surface area (Å²) in [6, 6.07) is 6.77. The minimum absolute atomic E-state index is 0.134. The second-order valence-electron chi connectivity index (χ2n) is 7.15. The molecule has 0 spiro atoms. The standard InChI is InChI=1S/C20H29FN2O2/c21-18-8-6-17(7-9-18)4-3-10-22-11-13-23(14-12-22)20(24)16-19-5-1-2-15-25-19/h6-9,19H,1-5,10-16H2. The summed E-state index contributed by atoms with van der Waals surface area (Å²) in [6.45, 7) is 5.37. The zero-order valence-electron chi connectivity index (χ0n) is 15.0. The Morgan fingerprint density at radius 3 is 2.56 bits per heavy atom. The number of halogens is 1.